The van der Waals surface area contributed by atoms with Gasteiger partial charge in [-0.2, -0.15) is 0 Å². The van der Waals surface area contributed by atoms with E-state index in [1.165, 1.54) is 6.07 Å². The summed E-state index contributed by atoms with van der Waals surface area (Å²) in [7, 11) is 0. The first-order chi connectivity index (χ1) is 9.08. The number of nitrogens with one attached hydrogen (secondary N) is 1. The number of hydrogen-bond donors (Lipinski definition) is 2. The molecule has 1 aromatic heterocycles. The van der Waals surface area contributed by atoms with Gasteiger partial charge in [-0.05, 0) is 13.0 Å². The molecule has 2 rings (SSSR count). The van der Waals surface area contributed by atoms with E-state index in [1.54, 1.807) is 11.8 Å². The molecule has 2 heterocycles. The number of carboxylic acid groups (broad SMARTS) is 1. The third-order valence-electron chi connectivity index (χ3n) is 2.91. The molecule has 1 saturated heterocycles. The van der Waals surface area contributed by atoms with Crippen LogP contribution in [-0.4, -0.2) is 48.3 Å². The SMILES string of the molecule is Cc1oc(CNC(=O)N2CCOCC2)cc1C(=O)O. The van der Waals surface area contributed by atoms with Crippen LogP contribution in [0.3, 0.4) is 0 Å². The Kier molecular flexibility index (Phi) is 4.06. The van der Waals surface area contributed by atoms with Crippen LogP contribution in [0.25, 0.3) is 0 Å². The molecule has 0 unspecified atom stereocenters. The van der Waals surface area contributed by atoms with E-state index in [4.69, 9.17) is 14.3 Å². The maximum Gasteiger partial charge on any atom is 0.339 e. The molecule has 2 N–H and O–H groups in total. The monoisotopic (exact) mass is 268 g/mol. The maximum atomic E-state index is 11.8. The van der Waals surface area contributed by atoms with E-state index >= 15 is 0 Å². The van der Waals surface area contributed by atoms with Crippen LogP contribution in [-0.2, 0) is 11.3 Å². The van der Waals surface area contributed by atoms with E-state index in [2.05, 4.69) is 5.32 Å². The summed E-state index contributed by atoms with van der Waals surface area (Å²) in [4.78, 5) is 24.3. The van der Waals surface area contributed by atoms with Gasteiger partial charge in [-0.25, -0.2) is 9.59 Å². The Morgan fingerprint density at radius 1 is 1.42 bits per heavy atom. The molecule has 0 saturated carbocycles. The Hall–Kier alpha value is -2.02. The largest absolute Gasteiger partial charge is 0.478 e. The van der Waals surface area contributed by atoms with Crippen molar-refractivity contribution in [1.82, 2.24) is 10.2 Å². The summed E-state index contributed by atoms with van der Waals surface area (Å²) in [6.07, 6.45) is 0. The van der Waals surface area contributed by atoms with Crippen LogP contribution in [0, 0.1) is 6.92 Å². The molecule has 7 nitrogen and oxygen atoms in total. The van der Waals surface area contributed by atoms with Crippen LogP contribution in [0.2, 0.25) is 0 Å². The number of carbonyl (C=O) groups excluding carboxylic acids is 1. The Morgan fingerprint density at radius 2 is 2.11 bits per heavy atom. The zero-order valence-electron chi connectivity index (χ0n) is 10.6. The Labute approximate surface area is 110 Å². The van der Waals surface area contributed by atoms with Crippen molar-refractivity contribution in [3.05, 3.63) is 23.2 Å². The molecule has 7 heteroatoms. The number of hydrogen-bond acceptors (Lipinski definition) is 4. The van der Waals surface area contributed by atoms with Gasteiger partial charge < -0.3 is 24.5 Å². The quantitative estimate of drug-likeness (QED) is 0.847. The fourth-order valence-electron chi connectivity index (χ4n) is 1.88. The van der Waals surface area contributed by atoms with Gasteiger partial charge in [0.05, 0.1) is 19.8 Å². The fraction of sp³-hybridized carbons (Fsp3) is 0.500. The number of amides is 2. The molecular weight excluding hydrogens is 252 g/mol. The first-order valence-electron chi connectivity index (χ1n) is 6.01. The van der Waals surface area contributed by atoms with Gasteiger partial charge in [0.15, 0.2) is 0 Å². The predicted octanol–water partition coefficient (Wildman–Crippen LogP) is 0.828. The average molecular weight is 268 g/mol. The van der Waals surface area contributed by atoms with E-state index in [1.807, 2.05) is 0 Å². The first-order valence-corrected chi connectivity index (χ1v) is 6.01. The molecule has 0 atom stereocenters. The third kappa shape index (κ3) is 3.25. The van der Waals surface area contributed by atoms with E-state index < -0.39 is 5.97 Å². The summed E-state index contributed by atoms with van der Waals surface area (Å²) in [6.45, 7) is 3.95. The smallest absolute Gasteiger partial charge is 0.339 e. The maximum absolute atomic E-state index is 11.8. The van der Waals surface area contributed by atoms with Crippen LogP contribution < -0.4 is 5.32 Å². The van der Waals surface area contributed by atoms with Gasteiger partial charge in [0.1, 0.15) is 17.1 Å². The molecule has 19 heavy (non-hydrogen) atoms. The van der Waals surface area contributed by atoms with Crippen molar-refractivity contribution in [3.63, 3.8) is 0 Å². The van der Waals surface area contributed by atoms with Crippen molar-refractivity contribution in [1.29, 1.82) is 0 Å². The molecule has 0 spiro atoms. The van der Waals surface area contributed by atoms with Crippen LogP contribution in [0.4, 0.5) is 4.79 Å². The summed E-state index contributed by atoms with van der Waals surface area (Å²) in [6, 6.07) is 1.23. The average Bonchev–Trinajstić information content (AvgIpc) is 2.78. The second-order valence-corrected chi connectivity index (χ2v) is 4.25. The summed E-state index contributed by atoms with van der Waals surface area (Å²) in [5.41, 5.74) is 0.121. The molecule has 1 aliphatic heterocycles. The predicted molar refractivity (Wildman–Crippen MR) is 65.0 cm³/mol. The van der Waals surface area contributed by atoms with Gasteiger partial charge in [0.25, 0.3) is 0 Å². The normalized spacial score (nSPS) is 15.3. The van der Waals surface area contributed by atoms with Crippen LogP contribution >= 0.6 is 0 Å². The molecule has 104 valence electrons. The van der Waals surface area contributed by atoms with Gasteiger partial charge in [-0.3, -0.25) is 0 Å². The van der Waals surface area contributed by atoms with Crippen molar-refractivity contribution in [2.24, 2.45) is 0 Å². The number of morpholine rings is 1. The summed E-state index contributed by atoms with van der Waals surface area (Å²) >= 11 is 0. The molecule has 0 aromatic carbocycles. The van der Waals surface area contributed by atoms with E-state index in [-0.39, 0.29) is 18.1 Å². The molecule has 1 fully saturated rings. The lowest BCUT2D eigenvalue weighted by molar-refractivity contribution is 0.0530. The number of ether oxygens (including phenoxy) is 1. The lowest BCUT2D eigenvalue weighted by atomic mass is 10.2. The van der Waals surface area contributed by atoms with Gasteiger partial charge in [0.2, 0.25) is 0 Å². The Bertz CT molecular complexity index is 476. The molecule has 2 amide bonds. The number of nitrogens with zero attached hydrogens (tertiary/aromatic N) is 1. The standard InChI is InChI=1S/C12H16N2O5/c1-8-10(11(15)16)6-9(19-8)7-13-12(17)14-2-4-18-5-3-14/h6H,2-5,7H2,1H3,(H,13,17)(H,15,16). The minimum Gasteiger partial charge on any atom is -0.478 e. The molecular formula is C12H16N2O5. The van der Waals surface area contributed by atoms with Crippen molar-refractivity contribution in [2.45, 2.75) is 13.5 Å². The lowest BCUT2D eigenvalue weighted by Gasteiger charge is -2.26. The van der Waals surface area contributed by atoms with Gasteiger partial charge in [0, 0.05) is 13.1 Å². The fourth-order valence-corrected chi connectivity index (χ4v) is 1.88. The number of carbonyl (C=O) groups is 2. The number of aromatic carboxylic acids is 1. The van der Waals surface area contributed by atoms with Gasteiger partial charge >= 0.3 is 12.0 Å². The molecule has 1 aliphatic rings. The zero-order chi connectivity index (χ0) is 13.8. The van der Waals surface area contributed by atoms with Crippen LogP contribution in [0.5, 0.6) is 0 Å². The highest BCUT2D eigenvalue weighted by molar-refractivity contribution is 5.88. The van der Waals surface area contributed by atoms with Gasteiger partial charge in [-0.1, -0.05) is 0 Å². The number of furan rings is 1. The Balaban J connectivity index is 1.89. The van der Waals surface area contributed by atoms with Crippen molar-refractivity contribution < 1.29 is 23.8 Å². The first kappa shape index (κ1) is 13.4. The Morgan fingerprint density at radius 3 is 2.68 bits per heavy atom. The van der Waals surface area contributed by atoms with Crippen LogP contribution in [0.15, 0.2) is 10.5 Å². The second kappa shape index (κ2) is 5.75. The lowest BCUT2D eigenvalue weighted by Crippen LogP contribution is -2.45. The van der Waals surface area contributed by atoms with E-state index in [0.717, 1.165) is 0 Å². The topological polar surface area (TPSA) is 92.0 Å². The highest BCUT2D eigenvalue weighted by atomic mass is 16.5. The molecule has 0 bridgehead atoms. The minimum atomic E-state index is -1.04. The van der Waals surface area contributed by atoms with E-state index in [9.17, 15) is 9.59 Å². The summed E-state index contributed by atoms with van der Waals surface area (Å²) < 4.78 is 10.4. The second-order valence-electron chi connectivity index (χ2n) is 4.25. The third-order valence-corrected chi connectivity index (χ3v) is 2.91. The molecule has 1 aromatic rings. The van der Waals surface area contributed by atoms with Crippen molar-refractivity contribution in [3.8, 4) is 0 Å². The molecule has 0 aliphatic carbocycles. The van der Waals surface area contributed by atoms with Crippen molar-refractivity contribution in [2.75, 3.05) is 26.3 Å². The highest BCUT2D eigenvalue weighted by Gasteiger charge is 2.18. The zero-order valence-corrected chi connectivity index (χ0v) is 10.6. The number of urea groups is 1. The highest BCUT2D eigenvalue weighted by Crippen LogP contribution is 2.14. The number of rotatable bonds is 3. The minimum absolute atomic E-state index is 0.121. The van der Waals surface area contributed by atoms with Gasteiger partial charge in [-0.15, -0.1) is 0 Å². The summed E-state index contributed by atoms with van der Waals surface area (Å²) in [5.74, 6) is -0.272. The van der Waals surface area contributed by atoms with Crippen LogP contribution in [0.1, 0.15) is 21.9 Å². The van der Waals surface area contributed by atoms with Crippen molar-refractivity contribution >= 4 is 12.0 Å². The summed E-state index contributed by atoms with van der Waals surface area (Å²) in [5, 5.41) is 11.6. The van der Waals surface area contributed by atoms with E-state index in [0.29, 0.717) is 37.8 Å². The number of carboxylic acids is 1. The number of aryl methyl sites for hydroxylation is 1. The molecule has 0 radical (unpaired) electrons.